The van der Waals surface area contributed by atoms with Crippen molar-refractivity contribution in [3.05, 3.63) is 95.2 Å². The van der Waals surface area contributed by atoms with Crippen molar-refractivity contribution in [1.29, 1.82) is 0 Å². The van der Waals surface area contributed by atoms with E-state index in [-0.39, 0.29) is 24.1 Å². The average molecular weight is 428 g/mol. The first-order valence-electron chi connectivity index (χ1n) is 10.2. The van der Waals surface area contributed by atoms with E-state index in [1.54, 1.807) is 20.3 Å². The van der Waals surface area contributed by atoms with Crippen molar-refractivity contribution in [2.24, 2.45) is 0 Å². The van der Waals surface area contributed by atoms with Crippen LogP contribution in [0.4, 0.5) is 5.69 Å². The van der Waals surface area contributed by atoms with E-state index in [1.807, 2.05) is 73.7 Å². The highest BCUT2D eigenvalue weighted by Crippen LogP contribution is 2.33. The summed E-state index contributed by atoms with van der Waals surface area (Å²) in [5, 5.41) is 3.16. The van der Waals surface area contributed by atoms with Crippen LogP contribution >= 0.6 is 0 Å². The van der Waals surface area contributed by atoms with Gasteiger partial charge in [-0.15, -0.1) is 0 Å². The Balaban J connectivity index is 1.75. The lowest BCUT2D eigenvalue weighted by Gasteiger charge is -2.17. The van der Waals surface area contributed by atoms with Crippen LogP contribution < -0.4 is 14.8 Å². The first-order valence-corrected chi connectivity index (χ1v) is 10.2. The smallest absolute Gasteiger partial charge is 0.278 e. The van der Waals surface area contributed by atoms with Crippen LogP contribution in [0, 0.1) is 6.92 Å². The van der Waals surface area contributed by atoms with E-state index >= 15 is 0 Å². The fraction of sp³-hybridized carbons (Fsp3) is 0.154. The molecule has 3 aromatic carbocycles. The largest absolute Gasteiger partial charge is 0.497 e. The van der Waals surface area contributed by atoms with E-state index in [4.69, 9.17) is 9.47 Å². The number of nitrogens with one attached hydrogen (secondary N) is 1. The predicted octanol–water partition coefficient (Wildman–Crippen LogP) is 4.40. The van der Waals surface area contributed by atoms with Gasteiger partial charge in [0.2, 0.25) is 0 Å². The van der Waals surface area contributed by atoms with Gasteiger partial charge in [0.05, 0.1) is 26.3 Å². The number of anilines is 1. The Morgan fingerprint density at radius 2 is 1.59 bits per heavy atom. The molecule has 0 aliphatic carbocycles. The van der Waals surface area contributed by atoms with Crippen molar-refractivity contribution in [1.82, 2.24) is 4.90 Å². The first-order chi connectivity index (χ1) is 15.5. The summed E-state index contributed by atoms with van der Waals surface area (Å²) in [6.07, 6.45) is 0. The van der Waals surface area contributed by atoms with Gasteiger partial charge >= 0.3 is 0 Å². The van der Waals surface area contributed by atoms with Gasteiger partial charge in [0.1, 0.15) is 17.2 Å². The summed E-state index contributed by atoms with van der Waals surface area (Å²) >= 11 is 0. The molecule has 0 unspecified atom stereocenters. The van der Waals surface area contributed by atoms with Crippen LogP contribution in [-0.4, -0.2) is 30.9 Å². The molecule has 3 aromatic rings. The number of ether oxygens (including phenoxy) is 2. The number of hydrogen-bond acceptors (Lipinski definition) is 5. The SMILES string of the molecule is COc1cccc(NC2=C(c3ccc(C)cc3)C(=O)N(Cc3ccccc3OC)C2=O)c1. The van der Waals surface area contributed by atoms with Gasteiger partial charge in [0.25, 0.3) is 11.8 Å². The summed E-state index contributed by atoms with van der Waals surface area (Å²) in [6.45, 7) is 2.09. The molecule has 0 saturated heterocycles. The summed E-state index contributed by atoms with van der Waals surface area (Å²) in [6, 6.07) is 22.2. The van der Waals surface area contributed by atoms with Crippen molar-refractivity contribution in [2.45, 2.75) is 13.5 Å². The van der Waals surface area contributed by atoms with Crippen LogP contribution in [0.3, 0.4) is 0 Å². The highest BCUT2D eigenvalue weighted by Gasteiger charge is 2.39. The van der Waals surface area contributed by atoms with Crippen LogP contribution in [-0.2, 0) is 16.1 Å². The number of nitrogens with zero attached hydrogens (tertiary/aromatic N) is 1. The van der Waals surface area contributed by atoms with Crippen LogP contribution in [0.1, 0.15) is 16.7 Å². The van der Waals surface area contributed by atoms with Crippen LogP contribution in [0.2, 0.25) is 0 Å². The van der Waals surface area contributed by atoms with Gasteiger partial charge in [-0.3, -0.25) is 14.5 Å². The molecule has 32 heavy (non-hydrogen) atoms. The number of carbonyl (C=O) groups is 2. The molecule has 0 spiro atoms. The normalized spacial score (nSPS) is 13.5. The van der Waals surface area contributed by atoms with Gasteiger partial charge in [0.15, 0.2) is 0 Å². The summed E-state index contributed by atoms with van der Waals surface area (Å²) < 4.78 is 10.7. The van der Waals surface area contributed by atoms with Gasteiger partial charge in [0, 0.05) is 17.3 Å². The molecular weight excluding hydrogens is 404 g/mol. The molecule has 0 saturated carbocycles. The van der Waals surface area contributed by atoms with Crippen molar-refractivity contribution < 1.29 is 19.1 Å². The molecule has 1 aliphatic rings. The molecule has 1 heterocycles. The second kappa shape index (κ2) is 8.98. The third-order valence-electron chi connectivity index (χ3n) is 5.37. The molecule has 6 heteroatoms. The fourth-order valence-electron chi connectivity index (χ4n) is 3.67. The molecule has 162 valence electrons. The van der Waals surface area contributed by atoms with Crippen LogP contribution in [0.5, 0.6) is 11.5 Å². The molecule has 2 amide bonds. The molecule has 0 bridgehead atoms. The molecule has 0 radical (unpaired) electrons. The highest BCUT2D eigenvalue weighted by atomic mass is 16.5. The zero-order valence-electron chi connectivity index (χ0n) is 18.2. The second-order valence-electron chi connectivity index (χ2n) is 7.48. The third-order valence-corrected chi connectivity index (χ3v) is 5.37. The van der Waals surface area contributed by atoms with Crippen LogP contribution in [0.25, 0.3) is 5.57 Å². The summed E-state index contributed by atoms with van der Waals surface area (Å²) in [7, 11) is 3.15. The van der Waals surface area contributed by atoms with E-state index in [0.717, 1.165) is 11.1 Å². The number of imide groups is 1. The molecule has 4 rings (SSSR count). The van der Waals surface area contributed by atoms with Crippen molar-refractivity contribution >= 4 is 23.1 Å². The van der Waals surface area contributed by atoms with E-state index in [0.29, 0.717) is 28.3 Å². The Labute approximate surface area is 187 Å². The maximum Gasteiger partial charge on any atom is 0.278 e. The zero-order chi connectivity index (χ0) is 22.7. The first kappa shape index (κ1) is 21.2. The molecular formula is C26H24N2O4. The molecule has 0 aromatic heterocycles. The van der Waals surface area contributed by atoms with E-state index < -0.39 is 0 Å². The number of carbonyl (C=O) groups excluding carboxylic acids is 2. The maximum absolute atomic E-state index is 13.5. The summed E-state index contributed by atoms with van der Waals surface area (Å²) in [4.78, 5) is 28.2. The quantitative estimate of drug-likeness (QED) is 0.565. The van der Waals surface area contributed by atoms with Crippen LogP contribution in [0.15, 0.2) is 78.5 Å². The Hall–Kier alpha value is -4.06. The molecule has 0 atom stereocenters. The lowest BCUT2D eigenvalue weighted by atomic mass is 10.0. The van der Waals surface area contributed by atoms with E-state index in [1.165, 1.54) is 4.90 Å². The summed E-state index contributed by atoms with van der Waals surface area (Å²) in [5.74, 6) is 0.531. The lowest BCUT2D eigenvalue weighted by Crippen LogP contribution is -2.32. The number of rotatable bonds is 7. The second-order valence-corrected chi connectivity index (χ2v) is 7.48. The number of para-hydroxylation sites is 1. The fourth-order valence-corrected chi connectivity index (χ4v) is 3.67. The van der Waals surface area contributed by atoms with Crippen molar-refractivity contribution in [2.75, 3.05) is 19.5 Å². The molecule has 1 aliphatic heterocycles. The van der Waals surface area contributed by atoms with Crippen molar-refractivity contribution in [3.8, 4) is 11.5 Å². The predicted molar refractivity (Wildman–Crippen MR) is 123 cm³/mol. The minimum Gasteiger partial charge on any atom is -0.497 e. The minimum absolute atomic E-state index is 0.111. The van der Waals surface area contributed by atoms with Gasteiger partial charge < -0.3 is 14.8 Å². The third kappa shape index (κ3) is 4.07. The number of hydrogen-bond donors (Lipinski definition) is 1. The number of benzene rings is 3. The average Bonchev–Trinajstić information content (AvgIpc) is 3.04. The Morgan fingerprint density at radius 3 is 2.31 bits per heavy atom. The van der Waals surface area contributed by atoms with Gasteiger partial charge in [-0.2, -0.15) is 0 Å². The monoisotopic (exact) mass is 428 g/mol. The van der Waals surface area contributed by atoms with Gasteiger partial charge in [-0.25, -0.2) is 0 Å². The molecule has 6 nitrogen and oxygen atoms in total. The lowest BCUT2D eigenvalue weighted by molar-refractivity contribution is -0.137. The van der Waals surface area contributed by atoms with E-state index in [2.05, 4.69) is 5.32 Å². The Bertz CT molecular complexity index is 1200. The Morgan fingerprint density at radius 1 is 0.844 bits per heavy atom. The molecule has 1 N–H and O–H groups in total. The standard InChI is InChI=1S/C26H24N2O4/c1-17-11-13-18(14-12-17)23-24(27-20-8-6-9-21(15-20)31-2)26(30)28(25(23)29)16-19-7-4-5-10-22(19)32-3/h4-15,27H,16H2,1-3H3. The summed E-state index contributed by atoms with van der Waals surface area (Å²) in [5.41, 5.74) is 3.74. The van der Waals surface area contributed by atoms with Gasteiger partial charge in [-0.1, -0.05) is 54.1 Å². The van der Waals surface area contributed by atoms with Gasteiger partial charge in [-0.05, 0) is 30.7 Å². The zero-order valence-corrected chi connectivity index (χ0v) is 18.2. The molecule has 0 fully saturated rings. The Kier molecular flexibility index (Phi) is 5.94. The highest BCUT2D eigenvalue weighted by molar-refractivity contribution is 6.36. The minimum atomic E-state index is -0.390. The van der Waals surface area contributed by atoms with Crippen molar-refractivity contribution in [3.63, 3.8) is 0 Å². The van der Waals surface area contributed by atoms with E-state index in [9.17, 15) is 9.59 Å². The maximum atomic E-state index is 13.5. The number of aryl methyl sites for hydroxylation is 1. The topological polar surface area (TPSA) is 67.9 Å². The number of amides is 2. The number of methoxy groups -OCH3 is 2.